The van der Waals surface area contributed by atoms with E-state index in [1.54, 1.807) is 18.4 Å². The van der Waals surface area contributed by atoms with Crippen molar-refractivity contribution >= 4 is 11.3 Å². The molecule has 2 N–H and O–H groups in total. The van der Waals surface area contributed by atoms with Crippen LogP contribution >= 0.6 is 11.3 Å². The first-order chi connectivity index (χ1) is 7.19. The quantitative estimate of drug-likeness (QED) is 0.772. The van der Waals surface area contributed by atoms with E-state index in [9.17, 15) is 5.11 Å². The van der Waals surface area contributed by atoms with E-state index < -0.39 is 6.10 Å². The second-order valence-corrected chi connectivity index (χ2v) is 4.50. The first-order valence-corrected chi connectivity index (χ1v) is 5.78. The Morgan fingerprint density at radius 2 is 2.33 bits per heavy atom. The van der Waals surface area contributed by atoms with Gasteiger partial charge < -0.3 is 15.2 Å². The maximum absolute atomic E-state index is 9.81. The number of nitrogens with one attached hydrogen (secondary N) is 1. The van der Waals surface area contributed by atoms with E-state index >= 15 is 0 Å². The molecule has 0 aliphatic heterocycles. The number of thiazole rings is 1. The number of aryl methyl sites for hydroxylation is 1. The normalized spacial score (nSPS) is 13.1. The Bertz CT molecular complexity index is 302. The van der Waals surface area contributed by atoms with Gasteiger partial charge in [-0.3, -0.25) is 0 Å². The van der Waals surface area contributed by atoms with Gasteiger partial charge in [0, 0.05) is 31.6 Å². The fraction of sp³-hybridized carbons (Fsp3) is 0.700. The maximum atomic E-state index is 9.81. The van der Waals surface area contributed by atoms with Crippen molar-refractivity contribution in [2.24, 2.45) is 0 Å². The van der Waals surface area contributed by atoms with Crippen molar-refractivity contribution in [2.45, 2.75) is 26.0 Å². The molecule has 0 saturated carbocycles. The van der Waals surface area contributed by atoms with Crippen LogP contribution in [0.2, 0.25) is 0 Å². The van der Waals surface area contributed by atoms with Crippen molar-refractivity contribution in [1.82, 2.24) is 10.3 Å². The highest BCUT2D eigenvalue weighted by Gasteiger charge is 2.14. The molecule has 4 nitrogen and oxygen atoms in total. The number of aliphatic hydroxyl groups excluding tert-OH is 1. The molecule has 0 saturated heterocycles. The zero-order valence-electron chi connectivity index (χ0n) is 9.41. The van der Waals surface area contributed by atoms with E-state index in [-0.39, 0.29) is 0 Å². The van der Waals surface area contributed by atoms with Gasteiger partial charge in [-0.15, -0.1) is 11.3 Å². The van der Waals surface area contributed by atoms with Gasteiger partial charge in [-0.1, -0.05) is 0 Å². The summed E-state index contributed by atoms with van der Waals surface area (Å²) < 4.78 is 4.92. The Morgan fingerprint density at radius 1 is 1.60 bits per heavy atom. The largest absolute Gasteiger partial charge is 0.386 e. The highest BCUT2D eigenvalue weighted by molar-refractivity contribution is 7.11. The first kappa shape index (κ1) is 12.6. The third-order valence-corrected chi connectivity index (χ3v) is 3.39. The summed E-state index contributed by atoms with van der Waals surface area (Å²) in [6.07, 6.45) is 0.0990. The number of ether oxygens (including phenoxy) is 1. The fourth-order valence-electron chi connectivity index (χ4n) is 1.27. The van der Waals surface area contributed by atoms with Crippen LogP contribution in [0.15, 0.2) is 0 Å². The number of aliphatic hydroxyl groups is 1. The smallest absolute Gasteiger partial charge is 0.122 e. The van der Waals surface area contributed by atoms with Crippen LogP contribution < -0.4 is 5.32 Å². The Balaban J connectivity index is 2.64. The molecule has 1 atom stereocenters. The molecular weight excluding hydrogens is 212 g/mol. The third-order valence-electron chi connectivity index (χ3n) is 2.13. The number of aromatic nitrogens is 1. The zero-order valence-corrected chi connectivity index (χ0v) is 10.2. The standard InChI is InChI=1S/C10H18N2O2S/c1-7-9(6-11-2)15-10(12-7)8(13)4-5-14-3/h8,11,13H,4-6H2,1-3H3. The van der Waals surface area contributed by atoms with E-state index in [0.29, 0.717) is 13.0 Å². The van der Waals surface area contributed by atoms with Gasteiger partial charge in [0.15, 0.2) is 0 Å². The van der Waals surface area contributed by atoms with E-state index in [4.69, 9.17) is 4.74 Å². The Kier molecular flexibility index (Phi) is 5.17. The van der Waals surface area contributed by atoms with E-state index in [1.807, 2.05) is 14.0 Å². The minimum Gasteiger partial charge on any atom is -0.386 e. The molecule has 0 radical (unpaired) electrons. The van der Waals surface area contributed by atoms with Crippen LogP contribution in [0.1, 0.15) is 28.1 Å². The molecule has 0 aliphatic rings. The summed E-state index contributed by atoms with van der Waals surface area (Å²) >= 11 is 1.56. The zero-order chi connectivity index (χ0) is 11.3. The van der Waals surface area contributed by atoms with Gasteiger partial charge in [0.25, 0.3) is 0 Å². The molecule has 1 aromatic heterocycles. The van der Waals surface area contributed by atoms with Crippen molar-refractivity contribution in [1.29, 1.82) is 0 Å². The highest BCUT2D eigenvalue weighted by Crippen LogP contribution is 2.25. The average Bonchev–Trinajstić information content (AvgIpc) is 2.58. The summed E-state index contributed by atoms with van der Waals surface area (Å²) in [6, 6.07) is 0. The SMILES string of the molecule is CNCc1sc(C(O)CCOC)nc1C. The molecule has 1 aromatic rings. The Labute approximate surface area is 94.3 Å². The number of hydrogen-bond acceptors (Lipinski definition) is 5. The topological polar surface area (TPSA) is 54.4 Å². The number of rotatable bonds is 6. The van der Waals surface area contributed by atoms with Crippen LogP contribution in [0.4, 0.5) is 0 Å². The second kappa shape index (κ2) is 6.17. The van der Waals surface area contributed by atoms with Crippen LogP contribution in [0, 0.1) is 6.92 Å². The predicted molar refractivity (Wildman–Crippen MR) is 61.1 cm³/mol. The van der Waals surface area contributed by atoms with Gasteiger partial charge in [-0.05, 0) is 14.0 Å². The van der Waals surface area contributed by atoms with Crippen LogP contribution in [0.25, 0.3) is 0 Å². The summed E-state index contributed by atoms with van der Waals surface area (Å²) in [6.45, 7) is 3.33. The molecule has 1 rings (SSSR count). The molecule has 0 spiro atoms. The van der Waals surface area contributed by atoms with E-state index in [0.717, 1.165) is 17.2 Å². The summed E-state index contributed by atoms with van der Waals surface area (Å²) in [5.41, 5.74) is 1.00. The number of nitrogens with zero attached hydrogens (tertiary/aromatic N) is 1. The van der Waals surface area contributed by atoms with Gasteiger partial charge in [-0.2, -0.15) is 0 Å². The molecule has 0 fully saturated rings. The van der Waals surface area contributed by atoms with Crippen LogP contribution in [0.5, 0.6) is 0 Å². The van der Waals surface area contributed by atoms with Crippen molar-refractivity contribution < 1.29 is 9.84 Å². The molecule has 0 aliphatic carbocycles. The third kappa shape index (κ3) is 3.53. The minimum atomic E-state index is -0.501. The molecule has 86 valence electrons. The minimum absolute atomic E-state index is 0.501. The lowest BCUT2D eigenvalue weighted by Crippen LogP contribution is -2.04. The lowest BCUT2D eigenvalue weighted by Gasteiger charge is -2.05. The van der Waals surface area contributed by atoms with E-state index in [2.05, 4.69) is 10.3 Å². The van der Waals surface area contributed by atoms with Gasteiger partial charge in [0.2, 0.25) is 0 Å². The summed E-state index contributed by atoms with van der Waals surface area (Å²) in [4.78, 5) is 5.54. The molecule has 15 heavy (non-hydrogen) atoms. The molecular formula is C10H18N2O2S. The lowest BCUT2D eigenvalue weighted by atomic mass is 10.3. The first-order valence-electron chi connectivity index (χ1n) is 4.96. The second-order valence-electron chi connectivity index (χ2n) is 3.39. The average molecular weight is 230 g/mol. The molecule has 5 heteroatoms. The summed E-state index contributed by atoms with van der Waals surface area (Å²) in [5.74, 6) is 0. The Morgan fingerprint density at radius 3 is 2.93 bits per heavy atom. The van der Waals surface area contributed by atoms with E-state index in [1.165, 1.54) is 4.88 Å². The van der Waals surface area contributed by atoms with Gasteiger partial charge >= 0.3 is 0 Å². The molecule has 0 aromatic carbocycles. The van der Waals surface area contributed by atoms with Crippen LogP contribution in [-0.4, -0.2) is 30.9 Å². The summed E-state index contributed by atoms with van der Waals surface area (Å²) in [5, 5.41) is 13.7. The predicted octanol–water partition coefficient (Wildman–Crippen LogP) is 1.24. The van der Waals surface area contributed by atoms with Crippen LogP contribution in [0.3, 0.4) is 0 Å². The molecule has 1 heterocycles. The molecule has 1 unspecified atom stereocenters. The Hall–Kier alpha value is -0.490. The van der Waals surface area contributed by atoms with Crippen molar-refractivity contribution in [3.63, 3.8) is 0 Å². The maximum Gasteiger partial charge on any atom is 0.122 e. The summed E-state index contributed by atoms with van der Waals surface area (Å²) in [7, 11) is 3.53. The lowest BCUT2D eigenvalue weighted by molar-refractivity contribution is 0.110. The molecule has 0 bridgehead atoms. The highest BCUT2D eigenvalue weighted by atomic mass is 32.1. The van der Waals surface area contributed by atoms with Crippen molar-refractivity contribution in [3.8, 4) is 0 Å². The van der Waals surface area contributed by atoms with Crippen molar-refractivity contribution in [3.05, 3.63) is 15.6 Å². The van der Waals surface area contributed by atoms with Crippen molar-refractivity contribution in [2.75, 3.05) is 20.8 Å². The van der Waals surface area contributed by atoms with Gasteiger partial charge in [0.05, 0.1) is 5.69 Å². The molecule has 0 amide bonds. The fourth-order valence-corrected chi connectivity index (χ4v) is 2.37. The van der Waals surface area contributed by atoms with Crippen LogP contribution in [-0.2, 0) is 11.3 Å². The van der Waals surface area contributed by atoms with Gasteiger partial charge in [0.1, 0.15) is 11.1 Å². The van der Waals surface area contributed by atoms with Gasteiger partial charge in [-0.25, -0.2) is 4.98 Å². The number of methoxy groups -OCH3 is 1. The number of hydrogen-bond donors (Lipinski definition) is 2. The monoisotopic (exact) mass is 230 g/mol.